The Labute approximate surface area is 682 Å². The summed E-state index contributed by atoms with van der Waals surface area (Å²) in [6.07, 6.45) is -127. The Morgan fingerprint density at radius 1 is 0.215 bits per heavy atom. The molecule has 0 aliphatic rings. The van der Waals surface area contributed by atoms with Crippen molar-refractivity contribution in [2.24, 2.45) is 0 Å². The van der Waals surface area contributed by atoms with Gasteiger partial charge in [-0.05, 0) is 0 Å². The molecular formula is C55H59F65O10. The van der Waals surface area contributed by atoms with Gasteiger partial charge in [0.1, 0.15) is 19.8 Å². The van der Waals surface area contributed by atoms with Crippen molar-refractivity contribution in [3.05, 3.63) is 74.4 Å². The molecule has 0 aliphatic carbocycles. The SMILES string of the molecule is C.C.C.C.C=C(F)C(F)(F)OC(F)(C(F)(F)F)C(F)(F)OC(F)(CC)C(F)(F)F.C=C(F)C(F)(F)OC(F)(C(F)(F)F)C(F)(F)OC(F)(CC)C(F)(F)F.C=C(F)C(F)(F)OC(F)(C(F)(F)F)C(F)(F)OCC(F)(F)F.C=C(F)C(F)(F)OC(F)(C(F)(F)F)C(F)(F)OCC(F)F.C=C(F)C(F)(F)OC(F)(CC)C(F)(F)F.C=C(F)C(F)(F)OCC(F)(F)F.CF.CF.CF. The van der Waals surface area contributed by atoms with Crippen LogP contribution in [-0.2, 0) is 47.4 Å². The molecule has 10 nitrogen and oxygen atoms in total. The molecule has 0 radical (unpaired) electrons. The predicted molar refractivity (Wildman–Crippen MR) is 303 cm³/mol. The van der Waals surface area contributed by atoms with Gasteiger partial charge < -0.3 is 14.2 Å². The molecule has 0 heterocycles. The molecule has 7 atom stereocenters. The fourth-order valence-electron chi connectivity index (χ4n) is 4.62. The summed E-state index contributed by atoms with van der Waals surface area (Å²) >= 11 is 0. The smallest absolute Gasteiger partial charge is 0.310 e. The highest BCUT2D eigenvalue weighted by atomic mass is 19.5. The second-order valence-corrected chi connectivity index (χ2v) is 19.9. The number of ether oxygens (including phenoxy) is 10. The van der Waals surface area contributed by atoms with Crippen molar-refractivity contribution >= 4 is 0 Å². The molecule has 0 rings (SSSR count). The average Bonchev–Trinajstić information content (AvgIpc) is 0.740. The molecule has 0 aliphatic heterocycles. The highest BCUT2D eigenvalue weighted by molar-refractivity contribution is 5.02. The van der Waals surface area contributed by atoms with Gasteiger partial charge in [0.2, 0.25) is 0 Å². The molecule has 0 N–H and O–H groups in total. The lowest BCUT2D eigenvalue weighted by atomic mass is 10.2. The van der Waals surface area contributed by atoms with Crippen molar-refractivity contribution in [1.29, 1.82) is 0 Å². The largest absolute Gasteiger partial charge is 0.458 e. The van der Waals surface area contributed by atoms with Crippen LogP contribution >= 0.6 is 0 Å². The average molecular weight is 2110 g/mol. The van der Waals surface area contributed by atoms with Gasteiger partial charge >= 0.3 is 158 Å². The van der Waals surface area contributed by atoms with Crippen LogP contribution in [0.25, 0.3) is 0 Å². The van der Waals surface area contributed by atoms with Crippen molar-refractivity contribution in [3.63, 3.8) is 0 Å². The Hall–Kier alpha value is -6.51. The van der Waals surface area contributed by atoms with Crippen LogP contribution in [0.15, 0.2) is 74.4 Å². The van der Waals surface area contributed by atoms with Crippen molar-refractivity contribution in [2.75, 3.05) is 41.4 Å². The van der Waals surface area contributed by atoms with E-state index in [4.69, 9.17) is 0 Å². The second kappa shape index (κ2) is 52.0. The maximum atomic E-state index is 13.5. The van der Waals surface area contributed by atoms with Crippen LogP contribution in [0.2, 0.25) is 0 Å². The fourth-order valence-corrected chi connectivity index (χ4v) is 4.62. The molecule has 0 bridgehead atoms. The lowest BCUT2D eigenvalue weighted by Crippen LogP contribution is -2.64. The Bertz CT molecular complexity index is 3190. The van der Waals surface area contributed by atoms with E-state index in [1.54, 1.807) is 26.3 Å². The first-order chi connectivity index (χ1) is 54.4. The molecule has 130 heavy (non-hydrogen) atoms. The number of halogens is 65. The summed E-state index contributed by atoms with van der Waals surface area (Å²) in [5.41, 5.74) is 0. The number of hydrogen-bond donors (Lipinski definition) is 0. The van der Waals surface area contributed by atoms with Crippen LogP contribution in [0.3, 0.4) is 0 Å². The summed E-state index contributed by atoms with van der Waals surface area (Å²) in [6, 6.07) is 0. The van der Waals surface area contributed by atoms with E-state index < -0.39 is 238 Å². The molecule has 0 aromatic rings. The van der Waals surface area contributed by atoms with E-state index in [2.05, 4.69) is 46.3 Å². The van der Waals surface area contributed by atoms with Gasteiger partial charge in [-0.15, -0.1) is 0 Å². The zero-order valence-corrected chi connectivity index (χ0v) is 59.7. The van der Waals surface area contributed by atoms with Gasteiger partial charge in [0.25, 0.3) is 6.43 Å². The molecule has 0 fully saturated rings. The third-order valence-electron chi connectivity index (χ3n) is 10.7. The van der Waals surface area contributed by atoms with Gasteiger partial charge in [0.15, 0.2) is 35.0 Å². The van der Waals surface area contributed by atoms with Crippen LogP contribution in [0.4, 0.5) is 285 Å². The quantitative estimate of drug-likeness (QED) is 0.0580. The lowest BCUT2D eigenvalue weighted by molar-refractivity contribution is -0.527. The Kier molecular flexibility index (Phi) is 60.7. The van der Waals surface area contributed by atoms with E-state index >= 15 is 0 Å². The summed E-state index contributed by atoms with van der Waals surface area (Å²) in [4.78, 5) is 0. The zero-order chi connectivity index (χ0) is 105. The molecule has 794 valence electrons. The second-order valence-electron chi connectivity index (χ2n) is 19.9. The Balaban J connectivity index is -0.000000114. The molecular weight excluding hydrogens is 2060 g/mol. The minimum absolute atomic E-state index is 0. The van der Waals surface area contributed by atoms with Crippen molar-refractivity contribution in [2.45, 2.75) is 234 Å². The van der Waals surface area contributed by atoms with Gasteiger partial charge in [0, 0.05) is 19.3 Å². The highest BCUT2D eigenvalue weighted by Gasteiger charge is 2.84. The van der Waals surface area contributed by atoms with Crippen LogP contribution in [-0.4, -0.2) is 205 Å². The summed E-state index contributed by atoms with van der Waals surface area (Å²) < 4.78 is 820. The first-order valence-electron chi connectivity index (χ1n) is 27.9. The Morgan fingerprint density at radius 3 is 0.515 bits per heavy atom. The fraction of sp³-hybridized carbons (Fsp3) is 0.782. The topological polar surface area (TPSA) is 92.3 Å². The van der Waals surface area contributed by atoms with Crippen LogP contribution in [0.1, 0.15) is 69.7 Å². The summed E-state index contributed by atoms with van der Waals surface area (Å²) in [6.45, 7) is 4.21. The normalized spacial score (nSPS) is 16.4. The van der Waals surface area contributed by atoms with Gasteiger partial charge in [-0.1, -0.05) is 90.0 Å². The van der Waals surface area contributed by atoms with Gasteiger partial charge in [-0.3, -0.25) is 46.3 Å². The van der Waals surface area contributed by atoms with E-state index in [1.165, 1.54) is 0 Å². The minimum Gasteiger partial charge on any atom is -0.310 e. The first-order valence-corrected chi connectivity index (χ1v) is 27.9. The van der Waals surface area contributed by atoms with E-state index in [1.807, 2.05) is 14.2 Å². The van der Waals surface area contributed by atoms with Crippen LogP contribution in [0.5, 0.6) is 0 Å². The number of hydrogen-bond acceptors (Lipinski definition) is 10. The van der Waals surface area contributed by atoms with Gasteiger partial charge in [0.05, 0.1) is 21.5 Å². The summed E-state index contributed by atoms with van der Waals surface area (Å²) in [7, 11) is 1.50. The summed E-state index contributed by atoms with van der Waals surface area (Å²) in [5, 5.41) is 0. The Morgan fingerprint density at radius 2 is 0.369 bits per heavy atom. The van der Waals surface area contributed by atoms with E-state index in [-0.39, 0.29) is 43.6 Å². The zero-order valence-electron chi connectivity index (χ0n) is 59.7. The minimum atomic E-state index is -7.21. The van der Waals surface area contributed by atoms with Crippen molar-refractivity contribution in [1.82, 2.24) is 0 Å². The maximum Gasteiger partial charge on any atom is 0.458 e. The molecule has 0 aromatic heterocycles. The maximum absolute atomic E-state index is 13.5. The molecule has 0 saturated carbocycles. The summed E-state index contributed by atoms with van der Waals surface area (Å²) in [5.74, 6) is -60.6. The third-order valence-corrected chi connectivity index (χ3v) is 10.7. The van der Waals surface area contributed by atoms with E-state index in [0.29, 0.717) is 28.5 Å². The van der Waals surface area contributed by atoms with Crippen LogP contribution in [0, 0.1) is 0 Å². The predicted octanol–water partition coefficient (Wildman–Crippen LogP) is 30.4. The monoisotopic (exact) mass is 2110 g/mol. The molecule has 0 saturated heterocycles. The third kappa shape index (κ3) is 44.3. The standard InChI is InChI=1S/2C10H7F13O2.C8H4F12O2.C8H5F11O2.C7H7F7O.C5H4F6O.3CH3F.4CH4/c2*1-3-5(12,8(16,17)18)24-10(22,23)7(15,9(19,20)21)25-6(13,14)4(2)11;1-3(9)5(13,14)22-6(15,7(16,17)18)8(19,20)21-2-4(10,11)12;1-3(9)5(12,13)21-6(14,7(15,16)17)8(18,19)20-2-4(10)11;1-3-5(9,7(12,13)14)15-6(10,11)4(2)8;1-3(6)5(10,11)12-2-4(7,8)9;3*1-2;;;;/h2*2-3H2,1H3;1-2H2;4H,1-2H2;2-3H2,1H3;1-2H2;3*1H3;4*1H4. The molecule has 7 unspecified atom stereocenters. The van der Waals surface area contributed by atoms with E-state index in [0.717, 1.165) is 0 Å². The molecule has 0 aromatic carbocycles. The van der Waals surface area contributed by atoms with Crippen molar-refractivity contribution < 1.29 is 333 Å². The molecule has 75 heteroatoms. The number of alkyl halides is 59. The number of rotatable bonds is 34. The van der Waals surface area contributed by atoms with E-state index in [9.17, 15) is 285 Å². The molecule has 0 amide bonds. The van der Waals surface area contributed by atoms with Crippen LogP contribution < -0.4 is 0 Å². The first kappa shape index (κ1) is 152. The highest BCUT2D eigenvalue weighted by Crippen LogP contribution is 2.58. The van der Waals surface area contributed by atoms with Crippen molar-refractivity contribution in [3.8, 4) is 0 Å². The lowest BCUT2D eigenvalue weighted by Gasteiger charge is -2.38. The molecule has 0 spiro atoms. The van der Waals surface area contributed by atoms with Gasteiger partial charge in [-0.2, -0.15) is 224 Å². The van der Waals surface area contributed by atoms with Gasteiger partial charge in [-0.25, -0.2) is 48.3 Å².